The summed E-state index contributed by atoms with van der Waals surface area (Å²) >= 11 is 9.75. The van der Waals surface area contributed by atoms with Crippen molar-refractivity contribution in [2.45, 2.75) is 43.6 Å². The molecule has 1 aromatic rings. The summed E-state index contributed by atoms with van der Waals surface area (Å²) in [5.41, 5.74) is 1.32. The van der Waals surface area contributed by atoms with E-state index in [0.717, 1.165) is 17.4 Å². The van der Waals surface area contributed by atoms with E-state index in [4.69, 9.17) is 11.6 Å². The Hall–Kier alpha value is -0.0500. The van der Waals surface area contributed by atoms with Crippen molar-refractivity contribution in [1.29, 1.82) is 0 Å². The highest BCUT2D eigenvalue weighted by atomic mass is 79.9. The molecule has 88 valence electrons. The van der Waals surface area contributed by atoms with Gasteiger partial charge in [0.1, 0.15) is 0 Å². The summed E-state index contributed by atoms with van der Waals surface area (Å²) in [6.07, 6.45) is 4.95. The second-order valence-corrected chi connectivity index (χ2v) is 5.89. The number of alkyl halides is 1. The first-order valence-electron chi connectivity index (χ1n) is 5.87. The van der Waals surface area contributed by atoms with Crippen LogP contribution >= 0.6 is 27.5 Å². The lowest BCUT2D eigenvalue weighted by molar-refractivity contribution is 0.378. The van der Waals surface area contributed by atoms with Gasteiger partial charge in [-0.25, -0.2) is 0 Å². The van der Waals surface area contributed by atoms with Gasteiger partial charge in [0.25, 0.3) is 0 Å². The van der Waals surface area contributed by atoms with Crippen LogP contribution in [0.2, 0.25) is 0 Å². The SMILES string of the molecule is ClC1CCCCC1NCc1ccc(Br)cc1. The summed E-state index contributed by atoms with van der Waals surface area (Å²) in [4.78, 5) is 0. The Labute approximate surface area is 111 Å². The van der Waals surface area contributed by atoms with Crippen LogP contribution in [0.1, 0.15) is 31.2 Å². The molecule has 2 rings (SSSR count). The van der Waals surface area contributed by atoms with Crippen molar-refractivity contribution in [2.75, 3.05) is 0 Å². The Morgan fingerprint density at radius 1 is 1.19 bits per heavy atom. The molecule has 1 fully saturated rings. The third-order valence-electron chi connectivity index (χ3n) is 3.16. The first-order valence-corrected chi connectivity index (χ1v) is 7.10. The third-order valence-corrected chi connectivity index (χ3v) is 4.21. The van der Waals surface area contributed by atoms with Crippen LogP contribution < -0.4 is 5.32 Å². The Bertz CT molecular complexity index is 325. The van der Waals surface area contributed by atoms with Crippen molar-refractivity contribution >= 4 is 27.5 Å². The lowest BCUT2D eigenvalue weighted by atomic mass is 9.95. The monoisotopic (exact) mass is 301 g/mol. The quantitative estimate of drug-likeness (QED) is 0.829. The van der Waals surface area contributed by atoms with E-state index in [1.807, 2.05) is 0 Å². The lowest BCUT2D eigenvalue weighted by Crippen LogP contribution is -2.38. The molecule has 0 aliphatic heterocycles. The molecule has 2 atom stereocenters. The highest BCUT2D eigenvalue weighted by molar-refractivity contribution is 9.10. The van der Waals surface area contributed by atoms with Gasteiger partial charge in [-0.15, -0.1) is 11.6 Å². The van der Waals surface area contributed by atoms with E-state index in [9.17, 15) is 0 Å². The first-order chi connectivity index (χ1) is 7.75. The molecule has 0 aromatic heterocycles. The molecule has 0 radical (unpaired) electrons. The largest absolute Gasteiger partial charge is 0.308 e. The molecule has 16 heavy (non-hydrogen) atoms. The summed E-state index contributed by atoms with van der Waals surface area (Å²) in [7, 11) is 0. The number of benzene rings is 1. The molecule has 3 heteroatoms. The molecule has 0 saturated heterocycles. The van der Waals surface area contributed by atoms with Crippen LogP contribution in [-0.4, -0.2) is 11.4 Å². The fraction of sp³-hybridized carbons (Fsp3) is 0.538. The van der Waals surface area contributed by atoms with Gasteiger partial charge in [0.2, 0.25) is 0 Å². The van der Waals surface area contributed by atoms with Crippen LogP contribution in [-0.2, 0) is 6.54 Å². The summed E-state index contributed by atoms with van der Waals surface area (Å²) in [6, 6.07) is 8.93. The standard InChI is InChI=1S/C13H17BrClN/c14-11-7-5-10(6-8-11)9-16-13-4-2-1-3-12(13)15/h5-8,12-13,16H,1-4,9H2. The average molecular weight is 303 g/mol. The third kappa shape index (κ3) is 3.47. The van der Waals surface area contributed by atoms with Crippen LogP contribution in [0.15, 0.2) is 28.7 Å². The topological polar surface area (TPSA) is 12.0 Å². The van der Waals surface area contributed by atoms with Gasteiger partial charge < -0.3 is 5.32 Å². The van der Waals surface area contributed by atoms with Gasteiger partial charge in [-0.05, 0) is 30.5 Å². The first kappa shape index (κ1) is 12.4. The highest BCUT2D eigenvalue weighted by Gasteiger charge is 2.22. The molecule has 0 bridgehead atoms. The molecule has 0 amide bonds. The van der Waals surface area contributed by atoms with E-state index < -0.39 is 0 Å². The molecule has 0 spiro atoms. The van der Waals surface area contributed by atoms with E-state index in [0.29, 0.717) is 11.4 Å². The van der Waals surface area contributed by atoms with Crippen LogP contribution in [0.25, 0.3) is 0 Å². The van der Waals surface area contributed by atoms with Crippen LogP contribution in [0, 0.1) is 0 Å². The number of rotatable bonds is 3. The molecule has 1 N–H and O–H groups in total. The zero-order valence-corrected chi connectivity index (χ0v) is 11.6. The maximum absolute atomic E-state index is 6.30. The van der Waals surface area contributed by atoms with E-state index in [1.54, 1.807) is 0 Å². The predicted octanol–water partition coefficient (Wildman–Crippen LogP) is 4.09. The van der Waals surface area contributed by atoms with Crippen molar-refractivity contribution < 1.29 is 0 Å². The molecule has 1 nitrogen and oxygen atoms in total. The fourth-order valence-electron chi connectivity index (χ4n) is 2.17. The van der Waals surface area contributed by atoms with Gasteiger partial charge in [-0.2, -0.15) is 0 Å². The second kappa shape index (κ2) is 6.04. The van der Waals surface area contributed by atoms with Crippen molar-refractivity contribution in [3.63, 3.8) is 0 Å². The van der Waals surface area contributed by atoms with Crippen LogP contribution in [0.3, 0.4) is 0 Å². The molecule has 1 aliphatic rings. The maximum Gasteiger partial charge on any atom is 0.0489 e. The van der Waals surface area contributed by atoms with Gasteiger partial charge in [0.05, 0.1) is 0 Å². The normalized spacial score (nSPS) is 25.6. The zero-order valence-electron chi connectivity index (χ0n) is 9.26. The van der Waals surface area contributed by atoms with Gasteiger partial charge in [-0.1, -0.05) is 40.9 Å². The Morgan fingerprint density at radius 3 is 2.56 bits per heavy atom. The Balaban J connectivity index is 1.84. The van der Waals surface area contributed by atoms with Gasteiger partial charge in [-0.3, -0.25) is 0 Å². The molecule has 1 aromatic carbocycles. The molecule has 2 unspecified atom stereocenters. The van der Waals surface area contributed by atoms with E-state index >= 15 is 0 Å². The molecule has 1 saturated carbocycles. The summed E-state index contributed by atoms with van der Waals surface area (Å²) in [6.45, 7) is 0.918. The number of hydrogen-bond donors (Lipinski definition) is 1. The minimum absolute atomic E-state index is 0.309. The molecular formula is C13H17BrClN. The smallest absolute Gasteiger partial charge is 0.0489 e. The van der Waals surface area contributed by atoms with E-state index in [2.05, 4.69) is 45.5 Å². The van der Waals surface area contributed by atoms with Crippen LogP contribution in [0.5, 0.6) is 0 Å². The van der Waals surface area contributed by atoms with E-state index in [1.165, 1.54) is 24.8 Å². The minimum atomic E-state index is 0.309. The Morgan fingerprint density at radius 2 is 1.88 bits per heavy atom. The number of nitrogens with one attached hydrogen (secondary N) is 1. The highest BCUT2D eigenvalue weighted by Crippen LogP contribution is 2.23. The summed E-state index contributed by atoms with van der Waals surface area (Å²) < 4.78 is 1.13. The minimum Gasteiger partial charge on any atom is -0.308 e. The van der Waals surface area contributed by atoms with Gasteiger partial charge >= 0.3 is 0 Å². The van der Waals surface area contributed by atoms with Gasteiger partial charge in [0.15, 0.2) is 0 Å². The van der Waals surface area contributed by atoms with Crippen molar-refractivity contribution in [2.24, 2.45) is 0 Å². The van der Waals surface area contributed by atoms with Gasteiger partial charge in [0, 0.05) is 22.4 Å². The molecule has 0 heterocycles. The van der Waals surface area contributed by atoms with E-state index in [-0.39, 0.29) is 0 Å². The predicted molar refractivity (Wildman–Crippen MR) is 72.9 cm³/mol. The van der Waals surface area contributed by atoms with Crippen LogP contribution in [0.4, 0.5) is 0 Å². The van der Waals surface area contributed by atoms with Crippen molar-refractivity contribution in [1.82, 2.24) is 5.32 Å². The fourth-order valence-corrected chi connectivity index (χ4v) is 2.80. The second-order valence-electron chi connectivity index (χ2n) is 4.41. The summed E-state index contributed by atoms with van der Waals surface area (Å²) in [5, 5.41) is 3.87. The molecule has 1 aliphatic carbocycles. The lowest BCUT2D eigenvalue weighted by Gasteiger charge is -2.28. The van der Waals surface area contributed by atoms with Crippen molar-refractivity contribution in [3.8, 4) is 0 Å². The summed E-state index contributed by atoms with van der Waals surface area (Å²) in [5.74, 6) is 0. The zero-order chi connectivity index (χ0) is 11.4. The number of halogens is 2. The number of hydrogen-bond acceptors (Lipinski definition) is 1. The Kier molecular flexibility index (Phi) is 4.68. The average Bonchev–Trinajstić information content (AvgIpc) is 2.30. The van der Waals surface area contributed by atoms with Crippen molar-refractivity contribution in [3.05, 3.63) is 34.3 Å². The maximum atomic E-state index is 6.30. The molecular weight excluding hydrogens is 286 g/mol.